The van der Waals surface area contributed by atoms with E-state index in [1.165, 1.54) is 21.5 Å². The van der Waals surface area contributed by atoms with Crippen molar-refractivity contribution < 1.29 is 8.83 Å². The number of rotatable bonds is 6. The molecule has 5 aromatic heterocycles. The van der Waals surface area contributed by atoms with Crippen LogP contribution >= 0.6 is 0 Å². The summed E-state index contributed by atoms with van der Waals surface area (Å²) >= 11 is 0. The summed E-state index contributed by atoms with van der Waals surface area (Å²) in [5.41, 5.74) is 14.7. The lowest BCUT2D eigenvalue weighted by molar-refractivity contribution is 0.668. The Kier molecular flexibility index (Phi) is 8.23. The number of nitrogens with zero attached hydrogens (tertiary/aromatic N) is 5. The van der Waals surface area contributed by atoms with Gasteiger partial charge in [-0.1, -0.05) is 140 Å². The molecule has 326 valence electrons. The Bertz CT molecular complexity index is 4540. The Balaban J connectivity index is 0.884. The molecule has 0 aliphatic rings. The van der Waals surface area contributed by atoms with Crippen LogP contribution in [0.4, 0.5) is 0 Å². The molecule has 0 bridgehead atoms. The first-order valence-electron chi connectivity index (χ1n) is 23.5. The van der Waals surface area contributed by atoms with Gasteiger partial charge in [0.15, 0.2) is 17.5 Å². The average Bonchev–Trinajstić information content (AvgIpc) is 4.18. The zero-order valence-electron chi connectivity index (χ0n) is 37.4. The van der Waals surface area contributed by atoms with Gasteiger partial charge in [0.25, 0.3) is 0 Å². The normalized spacial score (nSPS) is 12.0. The van der Waals surface area contributed by atoms with Crippen molar-refractivity contribution in [1.29, 1.82) is 0 Å². The quantitative estimate of drug-likeness (QED) is 0.166. The zero-order valence-corrected chi connectivity index (χ0v) is 37.4. The van der Waals surface area contributed by atoms with Gasteiger partial charge in [0.2, 0.25) is 0 Å². The van der Waals surface area contributed by atoms with Gasteiger partial charge in [-0.3, -0.25) is 0 Å². The molecule has 7 heteroatoms. The monoisotopic (exact) mass is 895 g/mol. The highest BCUT2D eigenvalue weighted by molar-refractivity contribution is 6.18. The van der Waals surface area contributed by atoms with Crippen LogP contribution in [-0.2, 0) is 0 Å². The van der Waals surface area contributed by atoms with E-state index in [0.717, 1.165) is 105 Å². The van der Waals surface area contributed by atoms with E-state index in [-0.39, 0.29) is 0 Å². The van der Waals surface area contributed by atoms with Gasteiger partial charge in [0, 0.05) is 77.2 Å². The van der Waals surface area contributed by atoms with Gasteiger partial charge < -0.3 is 18.0 Å². The molecule has 0 N–H and O–H groups in total. The van der Waals surface area contributed by atoms with E-state index in [9.17, 15) is 0 Å². The lowest BCUT2D eigenvalue weighted by atomic mass is 9.97. The maximum atomic E-state index is 6.73. The molecular weight excluding hydrogens is 859 g/mol. The molecule has 0 spiro atoms. The third-order valence-electron chi connectivity index (χ3n) is 14.0. The van der Waals surface area contributed by atoms with Crippen molar-refractivity contribution >= 4 is 87.5 Å². The molecule has 0 aliphatic heterocycles. The van der Waals surface area contributed by atoms with Crippen molar-refractivity contribution in [3.05, 3.63) is 224 Å². The van der Waals surface area contributed by atoms with E-state index in [1.54, 1.807) is 0 Å². The molecule has 10 aromatic carbocycles. The largest absolute Gasteiger partial charge is 0.456 e. The third-order valence-corrected chi connectivity index (χ3v) is 14.0. The van der Waals surface area contributed by atoms with Gasteiger partial charge >= 0.3 is 0 Å². The van der Waals surface area contributed by atoms with E-state index in [4.69, 9.17) is 23.8 Å². The van der Waals surface area contributed by atoms with Crippen LogP contribution < -0.4 is 0 Å². The fourth-order valence-electron chi connectivity index (χ4n) is 10.9. The van der Waals surface area contributed by atoms with Gasteiger partial charge in [-0.05, 0) is 90.0 Å². The van der Waals surface area contributed by atoms with Crippen molar-refractivity contribution in [3.8, 4) is 56.7 Å². The minimum Gasteiger partial charge on any atom is -0.456 e. The number of benzene rings is 10. The second-order valence-corrected chi connectivity index (χ2v) is 17.9. The lowest BCUT2D eigenvalue weighted by Gasteiger charge is -2.10. The predicted molar refractivity (Wildman–Crippen MR) is 285 cm³/mol. The smallest absolute Gasteiger partial charge is 0.164 e. The first-order valence-corrected chi connectivity index (χ1v) is 23.5. The van der Waals surface area contributed by atoms with E-state index in [0.29, 0.717) is 17.5 Å². The predicted octanol–water partition coefficient (Wildman–Crippen LogP) is 16.5. The van der Waals surface area contributed by atoms with Crippen molar-refractivity contribution in [2.75, 3.05) is 0 Å². The minimum atomic E-state index is 0.546. The number of fused-ring (bicyclic) bond motifs is 12. The molecule has 15 aromatic rings. The number of furan rings is 2. The van der Waals surface area contributed by atoms with Crippen molar-refractivity contribution in [3.63, 3.8) is 0 Å². The van der Waals surface area contributed by atoms with Gasteiger partial charge in [-0.2, -0.15) is 0 Å². The summed E-state index contributed by atoms with van der Waals surface area (Å²) in [6, 6.07) is 78.5. The number of hydrogen-bond acceptors (Lipinski definition) is 5. The van der Waals surface area contributed by atoms with Gasteiger partial charge in [-0.25, -0.2) is 15.0 Å². The summed E-state index contributed by atoms with van der Waals surface area (Å²) in [6.07, 6.45) is 0. The van der Waals surface area contributed by atoms with Crippen molar-refractivity contribution in [1.82, 2.24) is 24.1 Å². The second-order valence-electron chi connectivity index (χ2n) is 17.9. The van der Waals surface area contributed by atoms with Crippen LogP contribution in [0.2, 0.25) is 0 Å². The second kappa shape index (κ2) is 15.0. The summed E-state index contributed by atoms with van der Waals surface area (Å²) in [4.78, 5) is 15.6. The van der Waals surface area contributed by atoms with Crippen LogP contribution in [0.25, 0.3) is 144 Å². The van der Waals surface area contributed by atoms with E-state index in [1.807, 2.05) is 42.5 Å². The van der Waals surface area contributed by atoms with E-state index >= 15 is 0 Å². The molecule has 0 radical (unpaired) electrons. The molecule has 0 atom stereocenters. The summed E-state index contributed by atoms with van der Waals surface area (Å²) in [7, 11) is 0. The Morgan fingerprint density at radius 1 is 0.271 bits per heavy atom. The van der Waals surface area contributed by atoms with Crippen LogP contribution in [0.3, 0.4) is 0 Å². The average molecular weight is 896 g/mol. The molecule has 15 rings (SSSR count). The van der Waals surface area contributed by atoms with Crippen LogP contribution in [-0.4, -0.2) is 24.1 Å². The molecule has 7 nitrogen and oxygen atoms in total. The Morgan fingerprint density at radius 2 is 0.829 bits per heavy atom. The van der Waals surface area contributed by atoms with Crippen LogP contribution in [0.1, 0.15) is 0 Å². The van der Waals surface area contributed by atoms with Crippen LogP contribution in [0.15, 0.2) is 233 Å². The molecule has 0 unspecified atom stereocenters. The maximum absolute atomic E-state index is 6.73. The lowest BCUT2D eigenvalue weighted by Crippen LogP contribution is -2.00. The highest BCUT2D eigenvalue weighted by Crippen LogP contribution is 2.43. The zero-order chi connectivity index (χ0) is 45.9. The Hall–Kier alpha value is -9.59. The number of hydrogen-bond donors (Lipinski definition) is 0. The molecule has 0 saturated heterocycles. The maximum Gasteiger partial charge on any atom is 0.164 e. The van der Waals surface area contributed by atoms with Crippen molar-refractivity contribution in [2.45, 2.75) is 0 Å². The number of aromatic nitrogens is 5. The van der Waals surface area contributed by atoms with Gasteiger partial charge in [0.05, 0.1) is 22.1 Å². The Labute approximate surface area is 399 Å². The summed E-state index contributed by atoms with van der Waals surface area (Å²) in [6.45, 7) is 0. The van der Waals surface area contributed by atoms with Gasteiger partial charge in [-0.15, -0.1) is 0 Å². The topological polar surface area (TPSA) is 74.8 Å². The fourth-order valence-corrected chi connectivity index (χ4v) is 10.9. The van der Waals surface area contributed by atoms with Gasteiger partial charge in [0.1, 0.15) is 22.3 Å². The Morgan fingerprint density at radius 3 is 1.60 bits per heavy atom. The first-order chi connectivity index (χ1) is 34.7. The standard InChI is InChI=1S/C63H37N5O2/c1-3-15-38(16-4-1)61-64-62(40-29-32-46-47-33-31-42(37-58(47)70-57(46)36-40)68-51-24-10-7-19-44(51)45-20-8-11-25-52(45)68)66-63(65-61)49-23-14-28-56-60(49)50-35-39(30-34-55(50)69-56)43-22-13-27-54-59(43)48-21-9-12-26-53(48)67(54)41-17-5-2-6-18-41/h1-37H. The minimum absolute atomic E-state index is 0.546. The molecule has 0 saturated carbocycles. The fraction of sp³-hybridized carbons (Fsp3) is 0. The molecule has 0 fully saturated rings. The molecule has 5 heterocycles. The summed E-state index contributed by atoms with van der Waals surface area (Å²) in [5, 5.41) is 8.84. The van der Waals surface area contributed by atoms with E-state index < -0.39 is 0 Å². The highest BCUT2D eigenvalue weighted by atomic mass is 16.3. The summed E-state index contributed by atoms with van der Waals surface area (Å²) in [5.74, 6) is 1.67. The first kappa shape index (κ1) is 38.5. The van der Waals surface area contributed by atoms with Crippen LogP contribution in [0, 0.1) is 0 Å². The van der Waals surface area contributed by atoms with Crippen LogP contribution in [0.5, 0.6) is 0 Å². The van der Waals surface area contributed by atoms with E-state index in [2.05, 4.69) is 191 Å². The molecule has 0 aliphatic carbocycles. The number of para-hydroxylation sites is 4. The highest BCUT2D eigenvalue weighted by Gasteiger charge is 2.22. The SMILES string of the molecule is c1ccc(-c2nc(-c3ccc4c(c3)oc3cc(-n5c6ccccc6c6ccccc65)ccc34)nc(-c3cccc4oc5ccc(-c6cccc7c6c6ccccc6n7-c6ccccc6)cc5c34)n2)cc1. The molecule has 70 heavy (non-hydrogen) atoms. The molecule has 0 amide bonds. The third kappa shape index (κ3) is 5.79. The van der Waals surface area contributed by atoms with Crippen molar-refractivity contribution in [2.24, 2.45) is 0 Å². The molecular formula is C63H37N5O2. The summed E-state index contributed by atoms with van der Waals surface area (Å²) < 4.78 is 18.0.